The molecule has 5 heteroatoms. The smallest absolute Gasteiger partial charge is 0.321 e. The molecule has 0 rings (SSSR count). The minimum Gasteiger partial charge on any atom is -0.480 e. The van der Waals surface area contributed by atoms with Crippen molar-refractivity contribution in [3.05, 3.63) is 0 Å². The summed E-state index contributed by atoms with van der Waals surface area (Å²) in [5, 5.41) is 11.3. The summed E-state index contributed by atoms with van der Waals surface area (Å²) in [6, 6.07) is -0.418. The summed E-state index contributed by atoms with van der Waals surface area (Å²) in [5.74, 6) is 0.849. The van der Waals surface area contributed by atoms with E-state index in [9.17, 15) is 4.79 Å². The highest BCUT2D eigenvalue weighted by Crippen LogP contribution is 2.20. The molecular formula is C6H13NO2S2. The molecule has 0 aliphatic rings. The van der Waals surface area contributed by atoms with Gasteiger partial charge in [0.25, 0.3) is 0 Å². The molecule has 0 heterocycles. The largest absolute Gasteiger partial charge is 0.480 e. The Morgan fingerprint density at radius 3 is 2.64 bits per heavy atom. The van der Waals surface area contributed by atoms with E-state index in [1.54, 1.807) is 28.6 Å². The Bertz CT molecular complexity index is 121. The third-order valence-electron chi connectivity index (χ3n) is 1.08. The van der Waals surface area contributed by atoms with Crippen molar-refractivity contribution in [2.45, 2.75) is 13.0 Å². The Labute approximate surface area is 74.7 Å². The van der Waals surface area contributed by atoms with Gasteiger partial charge in [-0.25, -0.2) is 0 Å². The van der Waals surface area contributed by atoms with E-state index in [0.29, 0.717) is 5.75 Å². The van der Waals surface area contributed by atoms with Crippen molar-refractivity contribution < 1.29 is 9.90 Å². The van der Waals surface area contributed by atoms with Crippen LogP contribution >= 0.6 is 21.6 Å². The fourth-order valence-electron chi connectivity index (χ4n) is 0.478. The predicted octanol–water partition coefficient (Wildman–Crippen LogP) is 1.06. The molecule has 0 saturated carbocycles. The maximum absolute atomic E-state index is 10.4. The normalized spacial score (nSPS) is 12.9. The summed E-state index contributed by atoms with van der Waals surface area (Å²) in [5.41, 5.74) is 0. The SMILES string of the molecule is CCSSCC(NC)C(=O)O. The van der Waals surface area contributed by atoms with Gasteiger partial charge >= 0.3 is 5.97 Å². The van der Waals surface area contributed by atoms with Crippen molar-refractivity contribution in [3.8, 4) is 0 Å². The van der Waals surface area contributed by atoms with E-state index < -0.39 is 12.0 Å². The number of likely N-dealkylation sites (N-methyl/N-ethyl adjacent to an activating group) is 1. The van der Waals surface area contributed by atoms with Gasteiger partial charge in [-0.1, -0.05) is 28.5 Å². The molecular weight excluding hydrogens is 182 g/mol. The molecule has 66 valence electrons. The number of carbonyl (C=O) groups is 1. The maximum Gasteiger partial charge on any atom is 0.321 e. The summed E-state index contributed by atoms with van der Waals surface area (Å²) < 4.78 is 0. The van der Waals surface area contributed by atoms with Crippen LogP contribution in [-0.4, -0.2) is 35.7 Å². The van der Waals surface area contributed by atoms with E-state index in [1.807, 2.05) is 6.92 Å². The first-order valence-corrected chi connectivity index (χ1v) is 5.85. The number of carboxylic acids is 1. The number of aliphatic carboxylic acids is 1. The first kappa shape index (κ1) is 11.1. The van der Waals surface area contributed by atoms with Crippen molar-refractivity contribution in [1.29, 1.82) is 0 Å². The van der Waals surface area contributed by atoms with Crippen molar-refractivity contribution in [2.24, 2.45) is 0 Å². The lowest BCUT2D eigenvalue weighted by Gasteiger charge is -2.08. The van der Waals surface area contributed by atoms with Gasteiger partial charge in [0.05, 0.1) is 0 Å². The van der Waals surface area contributed by atoms with Crippen LogP contribution in [0.2, 0.25) is 0 Å². The van der Waals surface area contributed by atoms with Crippen molar-refractivity contribution in [1.82, 2.24) is 5.32 Å². The second kappa shape index (κ2) is 6.82. The van der Waals surface area contributed by atoms with Crippen LogP contribution in [0.5, 0.6) is 0 Å². The number of rotatable bonds is 6. The first-order chi connectivity index (χ1) is 5.22. The van der Waals surface area contributed by atoms with Crippen LogP contribution in [0.25, 0.3) is 0 Å². The standard InChI is InChI=1S/C6H13NO2S2/c1-3-10-11-4-5(7-2)6(8)9/h5,7H,3-4H2,1-2H3,(H,8,9). The molecule has 0 aromatic heterocycles. The van der Waals surface area contributed by atoms with E-state index in [4.69, 9.17) is 5.11 Å². The van der Waals surface area contributed by atoms with Gasteiger partial charge in [0.15, 0.2) is 0 Å². The first-order valence-electron chi connectivity index (χ1n) is 3.36. The van der Waals surface area contributed by atoms with Crippen molar-refractivity contribution in [2.75, 3.05) is 18.6 Å². The van der Waals surface area contributed by atoms with Crippen molar-refractivity contribution in [3.63, 3.8) is 0 Å². The Morgan fingerprint density at radius 1 is 1.64 bits per heavy atom. The van der Waals surface area contributed by atoms with E-state index in [0.717, 1.165) is 5.75 Å². The molecule has 0 aliphatic carbocycles. The Balaban J connectivity index is 3.44. The lowest BCUT2D eigenvalue weighted by atomic mass is 10.3. The van der Waals surface area contributed by atoms with E-state index in [1.165, 1.54) is 0 Å². The molecule has 1 unspecified atom stereocenters. The molecule has 0 aromatic rings. The molecule has 0 radical (unpaired) electrons. The van der Waals surface area contributed by atoms with Gasteiger partial charge in [-0.15, -0.1) is 0 Å². The van der Waals surface area contributed by atoms with Crippen LogP contribution in [0.4, 0.5) is 0 Å². The number of hydrogen-bond acceptors (Lipinski definition) is 4. The monoisotopic (exact) mass is 195 g/mol. The minimum atomic E-state index is -0.781. The highest BCUT2D eigenvalue weighted by Gasteiger charge is 2.13. The Morgan fingerprint density at radius 2 is 2.27 bits per heavy atom. The molecule has 2 N–H and O–H groups in total. The van der Waals surface area contributed by atoms with Gasteiger partial charge in [-0.3, -0.25) is 4.79 Å². The average Bonchev–Trinajstić information content (AvgIpc) is 1.97. The Kier molecular flexibility index (Phi) is 6.90. The topological polar surface area (TPSA) is 49.3 Å². The van der Waals surface area contributed by atoms with Crippen LogP contribution in [0.15, 0.2) is 0 Å². The highest BCUT2D eigenvalue weighted by molar-refractivity contribution is 8.76. The van der Waals surface area contributed by atoms with Crippen LogP contribution in [-0.2, 0) is 4.79 Å². The molecule has 0 saturated heterocycles. The van der Waals surface area contributed by atoms with Gasteiger partial charge < -0.3 is 10.4 Å². The summed E-state index contributed by atoms with van der Waals surface area (Å²) in [4.78, 5) is 10.4. The maximum atomic E-state index is 10.4. The zero-order valence-electron chi connectivity index (χ0n) is 6.66. The zero-order chi connectivity index (χ0) is 8.69. The second-order valence-corrected chi connectivity index (χ2v) is 4.67. The highest BCUT2D eigenvalue weighted by atomic mass is 33.1. The fraction of sp³-hybridized carbons (Fsp3) is 0.833. The van der Waals surface area contributed by atoms with Crippen LogP contribution in [0.3, 0.4) is 0 Å². The van der Waals surface area contributed by atoms with E-state index in [-0.39, 0.29) is 0 Å². The molecule has 0 aliphatic heterocycles. The molecule has 0 bridgehead atoms. The lowest BCUT2D eigenvalue weighted by Crippen LogP contribution is -2.35. The minimum absolute atomic E-state index is 0.418. The average molecular weight is 195 g/mol. The summed E-state index contributed by atoms with van der Waals surface area (Å²) >= 11 is 0. The molecule has 0 spiro atoms. The van der Waals surface area contributed by atoms with Crippen LogP contribution in [0.1, 0.15) is 6.92 Å². The molecule has 0 aromatic carbocycles. The van der Waals surface area contributed by atoms with E-state index in [2.05, 4.69) is 5.32 Å². The van der Waals surface area contributed by atoms with E-state index >= 15 is 0 Å². The Hall–Kier alpha value is 0.130. The fourth-order valence-corrected chi connectivity index (χ4v) is 2.38. The second-order valence-electron chi connectivity index (χ2n) is 1.87. The van der Waals surface area contributed by atoms with Crippen LogP contribution < -0.4 is 5.32 Å². The molecule has 3 nitrogen and oxygen atoms in total. The van der Waals surface area contributed by atoms with Gasteiger partial charge in [-0.05, 0) is 7.05 Å². The zero-order valence-corrected chi connectivity index (χ0v) is 8.30. The molecule has 1 atom stereocenters. The van der Waals surface area contributed by atoms with Crippen LogP contribution in [0, 0.1) is 0 Å². The molecule has 0 fully saturated rings. The summed E-state index contributed by atoms with van der Waals surface area (Å²) in [6.45, 7) is 2.05. The quantitative estimate of drug-likeness (QED) is 0.490. The molecule has 0 amide bonds. The van der Waals surface area contributed by atoms with Gasteiger partial charge in [0.1, 0.15) is 6.04 Å². The predicted molar refractivity (Wildman–Crippen MR) is 51.1 cm³/mol. The number of nitrogens with one attached hydrogen (secondary N) is 1. The third kappa shape index (κ3) is 5.41. The summed E-state index contributed by atoms with van der Waals surface area (Å²) in [6.07, 6.45) is 0. The number of hydrogen-bond donors (Lipinski definition) is 2. The van der Waals surface area contributed by atoms with Gasteiger partial charge in [0.2, 0.25) is 0 Å². The van der Waals surface area contributed by atoms with Crippen molar-refractivity contribution >= 4 is 27.6 Å². The number of carboxylic acid groups (broad SMARTS) is 1. The molecule has 11 heavy (non-hydrogen) atoms. The van der Waals surface area contributed by atoms with Gasteiger partial charge in [0, 0.05) is 11.5 Å². The lowest BCUT2D eigenvalue weighted by molar-refractivity contribution is -0.138. The van der Waals surface area contributed by atoms with Gasteiger partial charge in [-0.2, -0.15) is 0 Å². The summed E-state index contributed by atoms with van der Waals surface area (Å²) in [7, 11) is 4.93. The third-order valence-corrected chi connectivity index (χ3v) is 3.57.